The van der Waals surface area contributed by atoms with Crippen LogP contribution in [0.3, 0.4) is 0 Å². The first-order valence-electron chi connectivity index (χ1n) is 5.50. The lowest BCUT2D eigenvalue weighted by molar-refractivity contribution is 0.102. The van der Waals surface area contributed by atoms with Gasteiger partial charge < -0.3 is 15.6 Å². The number of nitrogen functional groups attached to an aromatic ring is 1. The molecule has 19 heavy (non-hydrogen) atoms. The number of carbonyl (C=O) groups is 1. The molecule has 0 radical (unpaired) electrons. The number of amides is 1. The minimum Gasteiger partial charge on any atom is -0.399 e. The maximum Gasteiger partial charge on any atom is 0.256 e. The molecule has 1 amide bonds. The molecule has 6 heteroatoms. The lowest BCUT2D eigenvalue weighted by atomic mass is 10.2. The molecule has 98 valence electrons. The molecular weight excluding hydrogens is 310 g/mol. The number of hydrogen-bond donors (Lipinski definition) is 2. The van der Waals surface area contributed by atoms with Gasteiger partial charge in [0.15, 0.2) is 0 Å². The van der Waals surface area contributed by atoms with Crippen LogP contribution in [0.4, 0.5) is 11.4 Å². The summed E-state index contributed by atoms with van der Waals surface area (Å²) < 4.78 is 2.05. The second-order valence-electron chi connectivity index (χ2n) is 4.06. The van der Waals surface area contributed by atoms with Crippen molar-refractivity contribution in [2.75, 3.05) is 11.1 Å². The highest BCUT2D eigenvalue weighted by molar-refractivity contribution is 9.10. The van der Waals surface area contributed by atoms with Crippen molar-refractivity contribution in [1.82, 2.24) is 4.57 Å². The summed E-state index contributed by atoms with van der Waals surface area (Å²) in [6.07, 6.45) is 1.56. The van der Waals surface area contributed by atoms with E-state index >= 15 is 0 Å². The van der Waals surface area contributed by atoms with Crippen molar-refractivity contribution < 1.29 is 4.79 Å². The zero-order valence-corrected chi connectivity index (χ0v) is 11.8. The largest absolute Gasteiger partial charge is 0.399 e. The Kier molecular flexibility index (Phi) is 3.71. The van der Waals surface area contributed by atoms with Gasteiger partial charge in [0.1, 0.15) is 0 Å². The first-order valence-corrected chi connectivity index (χ1v) is 6.30. The van der Waals surface area contributed by atoms with Crippen molar-refractivity contribution in [3.63, 3.8) is 0 Å². The highest BCUT2D eigenvalue weighted by Crippen LogP contribution is 2.20. The second-order valence-corrected chi connectivity index (χ2v) is 4.91. The lowest BCUT2D eigenvalue weighted by Gasteiger charge is -2.08. The fraction of sp³-hybridized carbons (Fsp3) is 0.0769. The number of aromatic nitrogens is 1. The molecule has 0 aliphatic heterocycles. The standard InChI is InChI=1S/C13H12BrN3O2/c1-17-7-9(3-5-12(17)18)16-13(19)10-6-8(15)2-4-11(10)14/h2-7H,15H2,1H3,(H,16,19). The summed E-state index contributed by atoms with van der Waals surface area (Å²) in [5.41, 5.74) is 7.01. The summed E-state index contributed by atoms with van der Waals surface area (Å²) in [4.78, 5) is 23.4. The zero-order chi connectivity index (χ0) is 14.0. The normalized spacial score (nSPS) is 10.2. The molecule has 0 saturated heterocycles. The fourth-order valence-corrected chi connectivity index (χ4v) is 2.01. The molecule has 2 aromatic rings. The minimum absolute atomic E-state index is 0.136. The maximum atomic E-state index is 12.1. The number of nitrogens with two attached hydrogens (primary N) is 1. The Bertz CT molecular complexity index is 695. The Morgan fingerprint density at radius 1 is 1.32 bits per heavy atom. The van der Waals surface area contributed by atoms with Crippen LogP contribution in [-0.4, -0.2) is 10.5 Å². The molecule has 3 N–H and O–H groups in total. The molecule has 2 rings (SSSR count). The molecule has 0 bridgehead atoms. The molecule has 0 aliphatic rings. The van der Waals surface area contributed by atoms with Crippen LogP contribution in [0.15, 0.2) is 45.8 Å². The molecule has 1 heterocycles. The van der Waals surface area contributed by atoms with E-state index in [9.17, 15) is 9.59 Å². The zero-order valence-electron chi connectivity index (χ0n) is 10.2. The number of halogens is 1. The van der Waals surface area contributed by atoms with Crippen LogP contribution in [0.2, 0.25) is 0 Å². The van der Waals surface area contributed by atoms with Crippen LogP contribution < -0.4 is 16.6 Å². The monoisotopic (exact) mass is 321 g/mol. The lowest BCUT2D eigenvalue weighted by Crippen LogP contribution is -2.18. The van der Waals surface area contributed by atoms with Gasteiger partial charge in [0, 0.05) is 29.5 Å². The number of rotatable bonds is 2. The molecule has 1 aromatic carbocycles. The van der Waals surface area contributed by atoms with E-state index in [0.717, 1.165) is 0 Å². The van der Waals surface area contributed by atoms with E-state index in [1.54, 1.807) is 37.5 Å². The number of anilines is 2. The summed E-state index contributed by atoms with van der Waals surface area (Å²) in [5, 5.41) is 2.71. The maximum absolute atomic E-state index is 12.1. The van der Waals surface area contributed by atoms with Crippen molar-refractivity contribution in [3.8, 4) is 0 Å². The van der Waals surface area contributed by atoms with Crippen molar-refractivity contribution in [2.45, 2.75) is 0 Å². The van der Waals surface area contributed by atoms with Gasteiger partial charge in [-0.25, -0.2) is 0 Å². The number of benzene rings is 1. The summed E-state index contributed by atoms with van der Waals surface area (Å²) >= 11 is 3.30. The van der Waals surface area contributed by atoms with Crippen LogP contribution in [0.25, 0.3) is 0 Å². The SMILES string of the molecule is Cn1cc(NC(=O)c2cc(N)ccc2Br)ccc1=O. The van der Waals surface area contributed by atoms with Gasteiger partial charge in [-0.2, -0.15) is 0 Å². The Morgan fingerprint density at radius 2 is 2.05 bits per heavy atom. The summed E-state index contributed by atoms with van der Waals surface area (Å²) in [7, 11) is 1.62. The van der Waals surface area contributed by atoms with E-state index in [2.05, 4.69) is 21.2 Å². The quantitative estimate of drug-likeness (QED) is 0.830. The highest BCUT2D eigenvalue weighted by Gasteiger charge is 2.11. The van der Waals surface area contributed by atoms with Crippen molar-refractivity contribution in [2.24, 2.45) is 7.05 Å². The van der Waals surface area contributed by atoms with Crippen LogP contribution in [-0.2, 0) is 7.05 Å². The average molecular weight is 322 g/mol. The van der Waals surface area contributed by atoms with Crippen molar-refractivity contribution in [1.29, 1.82) is 0 Å². The van der Waals surface area contributed by atoms with Crippen LogP contribution in [0.1, 0.15) is 10.4 Å². The van der Waals surface area contributed by atoms with E-state index in [-0.39, 0.29) is 11.5 Å². The Labute approximate surface area is 118 Å². The number of pyridine rings is 1. The first kappa shape index (κ1) is 13.4. The van der Waals surface area contributed by atoms with E-state index in [4.69, 9.17) is 5.73 Å². The number of hydrogen-bond acceptors (Lipinski definition) is 3. The molecular formula is C13H12BrN3O2. The molecule has 0 spiro atoms. The molecule has 0 aliphatic carbocycles. The Morgan fingerprint density at radius 3 is 2.74 bits per heavy atom. The smallest absolute Gasteiger partial charge is 0.256 e. The van der Waals surface area contributed by atoms with Crippen LogP contribution >= 0.6 is 15.9 Å². The van der Waals surface area contributed by atoms with E-state index in [1.165, 1.54) is 10.6 Å². The predicted octanol–water partition coefficient (Wildman–Crippen LogP) is 1.98. The molecule has 5 nitrogen and oxygen atoms in total. The number of carbonyl (C=O) groups excluding carboxylic acids is 1. The van der Waals surface area contributed by atoms with Crippen LogP contribution in [0, 0.1) is 0 Å². The number of nitrogens with one attached hydrogen (secondary N) is 1. The number of aryl methyl sites for hydroxylation is 1. The van der Waals surface area contributed by atoms with Gasteiger partial charge in [-0.1, -0.05) is 0 Å². The average Bonchev–Trinajstić information content (AvgIpc) is 2.36. The van der Waals surface area contributed by atoms with Crippen molar-refractivity contribution in [3.05, 3.63) is 56.9 Å². The van der Waals surface area contributed by atoms with Gasteiger partial charge in [-0.3, -0.25) is 9.59 Å². The second kappa shape index (κ2) is 5.27. The molecule has 1 aromatic heterocycles. The van der Waals surface area contributed by atoms with Gasteiger partial charge >= 0.3 is 0 Å². The predicted molar refractivity (Wildman–Crippen MR) is 78.2 cm³/mol. The van der Waals surface area contributed by atoms with Crippen LogP contribution in [0.5, 0.6) is 0 Å². The van der Waals surface area contributed by atoms with E-state index in [1.807, 2.05) is 0 Å². The third-order valence-corrected chi connectivity index (χ3v) is 3.27. The third-order valence-electron chi connectivity index (χ3n) is 2.58. The van der Waals surface area contributed by atoms with Gasteiger partial charge in [-0.05, 0) is 40.2 Å². The van der Waals surface area contributed by atoms with E-state index in [0.29, 0.717) is 21.4 Å². The van der Waals surface area contributed by atoms with Crippen molar-refractivity contribution >= 4 is 33.2 Å². The van der Waals surface area contributed by atoms with E-state index < -0.39 is 0 Å². The van der Waals surface area contributed by atoms with Gasteiger partial charge in [0.25, 0.3) is 5.91 Å². The highest BCUT2D eigenvalue weighted by atomic mass is 79.9. The van der Waals surface area contributed by atoms with Gasteiger partial charge in [-0.15, -0.1) is 0 Å². The van der Waals surface area contributed by atoms with Gasteiger partial charge in [0.2, 0.25) is 5.56 Å². The third kappa shape index (κ3) is 3.03. The molecule has 0 atom stereocenters. The summed E-state index contributed by atoms with van der Waals surface area (Å²) in [5.74, 6) is -0.294. The molecule has 0 fully saturated rings. The number of nitrogens with zero attached hydrogens (tertiary/aromatic N) is 1. The topological polar surface area (TPSA) is 77.1 Å². The Hall–Kier alpha value is -2.08. The first-order chi connectivity index (χ1) is 8.97. The molecule has 0 saturated carbocycles. The van der Waals surface area contributed by atoms with Gasteiger partial charge in [0.05, 0.1) is 11.3 Å². The fourth-order valence-electron chi connectivity index (χ4n) is 1.58. The Balaban J connectivity index is 2.28. The summed E-state index contributed by atoms with van der Waals surface area (Å²) in [6, 6.07) is 7.95. The molecule has 0 unspecified atom stereocenters. The summed E-state index contributed by atoms with van der Waals surface area (Å²) in [6.45, 7) is 0. The minimum atomic E-state index is -0.294.